The zero-order valence-electron chi connectivity index (χ0n) is 9.37. The minimum absolute atomic E-state index is 0.0670. The number of esters is 1. The Morgan fingerprint density at radius 2 is 2.20 bits per heavy atom. The molecule has 0 aliphatic carbocycles. The number of nitrogens with zero attached hydrogens (tertiary/aromatic N) is 1. The van der Waals surface area contributed by atoms with Crippen LogP contribution in [0.4, 0.5) is 0 Å². The molecule has 2 saturated heterocycles. The van der Waals surface area contributed by atoms with Gasteiger partial charge in [0.25, 0.3) is 0 Å². The highest BCUT2D eigenvalue weighted by Gasteiger charge is 2.31. The Kier molecular flexibility index (Phi) is 3.59. The van der Waals surface area contributed by atoms with E-state index in [9.17, 15) is 4.79 Å². The third-order valence-electron chi connectivity index (χ3n) is 3.42. The van der Waals surface area contributed by atoms with E-state index in [1.54, 1.807) is 0 Å². The van der Waals surface area contributed by atoms with Crippen LogP contribution in [-0.2, 0) is 9.53 Å². The fraction of sp³-hybridized carbons (Fsp3) is 0.909. The van der Waals surface area contributed by atoms with Gasteiger partial charge in [0, 0.05) is 13.1 Å². The summed E-state index contributed by atoms with van der Waals surface area (Å²) in [5, 5.41) is 3.23. The van der Waals surface area contributed by atoms with E-state index in [0.29, 0.717) is 5.92 Å². The van der Waals surface area contributed by atoms with Crippen LogP contribution < -0.4 is 5.32 Å². The summed E-state index contributed by atoms with van der Waals surface area (Å²) in [4.78, 5) is 13.8. The normalized spacial score (nSPS) is 32.1. The molecule has 2 aliphatic heterocycles. The lowest BCUT2D eigenvalue weighted by molar-refractivity contribution is -0.142. The molecule has 0 bridgehead atoms. The molecular formula is C11H20N2O2. The number of nitrogens with one attached hydrogen (secondary N) is 1. The first-order valence-electron chi connectivity index (χ1n) is 5.83. The van der Waals surface area contributed by atoms with Gasteiger partial charge in [-0.2, -0.15) is 0 Å². The van der Waals surface area contributed by atoms with E-state index >= 15 is 0 Å². The molecule has 0 aromatic rings. The SMILES string of the molecule is COC(=O)C1CC(CN2CCCC2)CN1. The predicted molar refractivity (Wildman–Crippen MR) is 57.6 cm³/mol. The minimum Gasteiger partial charge on any atom is -0.468 e. The predicted octanol–water partition coefficient (Wildman–Crippen LogP) is 0.233. The Morgan fingerprint density at radius 1 is 1.47 bits per heavy atom. The largest absolute Gasteiger partial charge is 0.468 e. The van der Waals surface area contributed by atoms with E-state index in [0.717, 1.165) is 19.5 Å². The molecule has 2 unspecified atom stereocenters. The third kappa shape index (κ3) is 2.69. The second kappa shape index (κ2) is 4.94. The summed E-state index contributed by atoms with van der Waals surface area (Å²) in [6, 6.07) is -0.0670. The van der Waals surface area contributed by atoms with Gasteiger partial charge < -0.3 is 15.0 Å². The second-order valence-electron chi connectivity index (χ2n) is 4.59. The van der Waals surface area contributed by atoms with Crippen LogP contribution in [0.15, 0.2) is 0 Å². The monoisotopic (exact) mass is 212 g/mol. The van der Waals surface area contributed by atoms with Gasteiger partial charge in [-0.1, -0.05) is 0 Å². The highest BCUT2D eigenvalue weighted by Crippen LogP contribution is 2.18. The van der Waals surface area contributed by atoms with Crippen LogP contribution in [0.5, 0.6) is 0 Å². The summed E-state index contributed by atoms with van der Waals surface area (Å²) < 4.78 is 4.74. The highest BCUT2D eigenvalue weighted by molar-refractivity contribution is 5.76. The molecule has 86 valence electrons. The molecule has 0 spiro atoms. The van der Waals surface area contributed by atoms with Gasteiger partial charge in [0.05, 0.1) is 7.11 Å². The van der Waals surface area contributed by atoms with Gasteiger partial charge in [-0.3, -0.25) is 4.79 Å². The molecule has 2 heterocycles. The molecule has 4 nitrogen and oxygen atoms in total. The number of likely N-dealkylation sites (tertiary alicyclic amines) is 1. The lowest BCUT2D eigenvalue weighted by Gasteiger charge is -2.18. The highest BCUT2D eigenvalue weighted by atomic mass is 16.5. The van der Waals surface area contributed by atoms with E-state index in [1.165, 1.54) is 33.0 Å². The lowest BCUT2D eigenvalue weighted by atomic mass is 10.1. The summed E-state index contributed by atoms with van der Waals surface area (Å²) in [6.45, 7) is 4.57. The minimum atomic E-state index is -0.112. The number of methoxy groups -OCH3 is 1. The number of rotatable bonds is 3. The molecule has 0 saturated carbocycles. The zero-order chi connectivity index (χ0) is 10.7. The maximum atomic E-state index is 11.3. The standard InChI is InChI=1S/C11H20N2O2/c1-15-11(14)10-6-9(7-12-10)8-13-4-2-3-5-13/h9-10,12H,2-8H2,1H3. The van der Waals surface area contributed by atoms with Crippen molar-refractivity contribution in [2.45, 2.75) is 25.3 Å². The molecule has 2 fully saturated rings. The zero-order valence-corrected chi connectivity index (χ0v) is 9.37. The van der Waals surface area contributed by atoms with Crippen LogP contribution in [0.3, 0.4) is 0 Å². The summed E-state index contributed by atoms with van der Waals surface area (Å²) in [7, 11) is 1.46. The molecule has 0 amide bonds. The average molecular weight is 212 g/mol. The first-order valence-corrected chi connectivity index (χ1v) is 5.83. The Morgan fingerprint density at radius 3 is 2.87 bits per heavy atom. The van der Waals surface area contributed by atoms with Gasteiger partial charge >= 0.3 is 5.97 Å². The molecule has 2 rings (SSSR count). The lowest BCUT2D eigenvalue weighted by Crippen LogP contribution is -2.31. The molecule has 0 aromatic heterocycles. The Hall–Kier alpha value is -0.610. The van der Waals surface area contributed by atoms with Crippen molar-refractivity contribution >= 4 is 5.97 Å². The van der Waals surface area contributed by atoms with E-state index in [-0.39, 0.29) is 12.0 Å². The van der Waals surface area contributed by atoms with Crippen molar-refractivity contribution in [3.8, 4) is 0 Å². The summed E-state index contributed by atoms with van der Waals surface area (Å²) in [6.07, 6.45) is 3.60. The number of hydrogen-bond donors (Lipinski definition) is 1. The molecule has 0 radical (unpaired) electrons. The average Bonchev–Trinajstić information content (AvgIpc) is 2.88. The maximum absolute atomic E-state index is 11.3. The fourth-order valence-electron chi connectivity index (χ4n) is 2.60. The smallest absolute Gasteiger partial charge is 0.322 e. The van der Waals surface area contributed by atoms with Crippen molar-refractivity contribution in [1.82, 2.24) is 10.2 Å². The summed E-state index contributed by atoms with van der Waals surface area (Å²) in [5.41, 5.74) is 0. The number of carbonyl (C=O) groups excluding carboxylic acids is 1. The van der Waals surface area contributed by atoms with Gasteiger partial charge in [-0.05, 0) is 38.3 Å². The molecule has 2 atom stereocenters. The maximum Gasteiger partial charge on any atom is 0.322 e. The molecule has 2 aliphatic rings. The summed E-state index contributed by atoms with van der Waals surface area (Å²) in [5.74, 6) is 0.506. The quantitative estimate of drug-likeness (QED) is 0.680. The third-order valence-corrected chi connectivity index (χ3v) is 3.42. The van der Waals surface area contributed by atoms with Crippen molar-refractivity contribution in [3.63, 3.8) is 0 Å². The van der Waals surface area contributed by atoms with Crippen LogP contribution in [0.1, 0.15) is 19.3 Å². The number of ether oxygens (including phenoxy) is 1. The van der Waals surface area contributed by atoms with Crippen LogP contribution in [-0.4, -0.2) is 50.2 Å². The first-order chi connectivity index (χ1) is 7.29. The van der Waals surface area contributed by atoms with Crippen molar-refractivity contribution in [2.24, 2.45) is 5.92 Å². The van der Waals surface area contributed by atoms with Gasteiger partial charge in [-0.25, -0.2) is 0 Å². The molecule has 4 heteroatoms. The van der Waals surface area contributed by atoms with Crippen molar-refractivity contribution in [3.05, 3.63) is 0 Å². The molecule has 15 heavy (non-hydrogen) atoms. The Labute approximate surface area is 91.0 Å². The van der Waals surface area contributed by atoms with Gasteiger partial charge in [0.2, 0.25) is 0 Å². The van der Waals surface area contributed by atoms with E-state index < -0.39 is 0 Å². The van der Waals surface area contributed by atoms with E-state index in [1.807, 2.05) is 0 Å². The molecule has 0 aromatic carbocycles. The topological polar surface area (TPSA) is 41.6 Å². The number of hydrogen-bond acceptors (Lipinski definition) is 4. The number of carbonyl (C=O) groups is 1. The van der Waals surface area contributed by atoms with Crippen LogP contribution in [0, 0.1) is 5.92 Å². The second-order valence-corrected chi connectivity index (χ2v) is 4.59. The van der Waals surface area contributed by atoms with Crippen molar-refractivity contribution in [2.75, 3.05) is 33.3 Å². The van der Waals surface area contributed by atoms with Crippen LogP contribution in [0.25, 0.3) is 0 Å². The molecule has 1 N–H and O–H groups in total. The van der Waals surface area contributed by atoms with Gasteiger partial charge in [0.15, 0.2) is 0 Å². The Bertz CT molecular complexity index is 227. The van der Waals surface area contributed by atoms with Crippen LogP contribution >= 0.6 is 0 Å². The van der Waals surface area contributed by atoms with Crippen LogP contribution in [0.2, 0.25) is 0 Å². The fourth-order valence-corrected chi connectivity index (χ4v) is 2.60. The summed E-state index contributed by atoms with van der Waals surface area (Å²) >= 11 is 0. The van der Waals surface area contributed by atoms with E-state index in [4.69, 9.17) is 4.74 Å². The van der Waals surface area contributed by atoms with E-state index in [2.05, 4.69) is 10.2 Å². The van der Waals surface area contributed by atoms with Gasteiger partial charge in [0.1, 0.15) is 6.04 Å². The molecular weight excluding hydrogens is 192 g/mol. The van der Waals surface area contributed by atoms with Crippen molar-refractivity contribution < 1.29 is 9.53 Å². The first kappa shape index (κ1) is 10.9. The van der Waals surface area contributed by atoms with Gasteiger partial charge in [-0.15, -0.1) is 0 Å². The Balaban J connectivity index is 1.74. The van der Waals surface area contributed by atoms with Crippen molar-refractivity contribution in [1.29, 1.82) is 0 Å².